The zero-order valence-electron chi connectivity index (χ0n) is 8.18. The molecule has 0 bridgehead atoms. The molecule has 0 saturated carbocycles. The van der Waals surface area contributed by atoms with Gasteiger partial charge < -0.3 is 10.1 Å². The molecule has 1 atom stereocenters. The molecular weight excluding hydrogens is 152 g/mol. The SMILES string of the molecule is CCCN1CCOCC1CNC. The molecule has 1 saturated heterocycles. The highest BCUT2D eigenvalue weighted by molar-refractivity contribution is 4.76. The first-order valence-electron chi connectivity index (χ1n) is 4.85. The minimum absolute atomic E-state index is 0.587. The summed E-state index contributed by atoms with van der Waals surface area (Å²) in [5.74, 6) is 0. The van der Waals surface area contributed by atoms with Crippen LogP contribution in [0.2, 0.25) is 0 Å². The van der Waals surface area contributed by atoms with E-state index in [1.165, 1.54) is 13.0 Å². The summed E-state index contributed by atoms with van der Waals surface area (Å²) in [6.45, 7) is 7.36. The number of likely N-dealkylation sites (N-methyl/N-ethyl adjacent to an activating group) is 1. The fourth-order valence-electron chi connectivity index (χ4n) is 1.69. The molecule has 1 fully saturated rings. The molecular formula is C9H20N2O. The quantitative estimate of drug-likeness (QED) is 0.661. The monoisotopic (exact) mass is 172 g/mol. The van der Waals surface area contributed by atoms with Crippen LogP contribution in [0.3, 0.4) is 0 Å². The predicted molar refractivity (Wildman–Crippen MR) is 50.4 cm³/mol. The van der Waals surface area contributed by atoms with E-state index in [0.717, 1.165) is 26.3 Å². The Morgan fingerprint density at radius 2 is 2.42 bits per heavy atom. The van der Waals surface area contributed by atoms with Crippen molar-refractivity contribution in [2.45, 2.75) is 19.4 Å². The summed E-state index contributed by atoms with van der Waals surface area (Å²) in [4.78, 5) is 2.51. The average molecular weight is 172 g/mol. The minimum atomic E-state index is 0.587. The lowest BCUT2D eigenvalue weighted by Crippen LogP contribution is -2.50. The Kier molecular flexibility index (Phi) is 4.58. The first-order chi connectivity index (χ1) is 5.88. The van der Waals surface area contributed by atoms with Crippen LogP contribution in [0.15, 0.2) is 0 Å². The van der Waals surface area contributed by atoms with Gasteiger partial charge in [-0.05, 0) is 20.0 Å². The molecule has 1 aliphatic heterocycles. The third-order valence-electron chi connectivity index (χ3n) is 2.30. The van der Waals surface area contributed by atoms with Gasteiger partial charge in [0.05, 0.1) is 13.2 Å². The molecule has 3 heteroatoms. The summed E-state index contributed by atoms with van der Waals surface area (Å²) < 4.78 is 5.43. The van der Waals surface area contributed by atoms with Crippen molar-refractivity contribution in [2.75, 3.05) is 39.9 Å². The largest absolute Gasteiger partial charge is 0.378 e. The van der Waals surface area contributed by atoms with Crippen LogP contribution < -0.4 is 5.32 Å². The predicted octanol–water partition coefficient (Wildman–Crippen LogP) is 0.317. The topological polar surface area (TPSA) is 24.5 Å². The van der Waals surface area contributed by atoms with Gasteiger partial charge >= 0.3 is 0 Å². The maximum absolute atomic E-state index is 5.43. The molecule has 0 aromatic heterocycles. The summed E-state index contributed by atoms with van der Waals surface area (Å²) in [5.41, 5.74) is 0. The van der Waals surface area contributed by atoms with Gasteiger partial charge in [-0.25, -0.2) is 0 Å². The van der Waals surface area contributed by atoms with Crippen molar-refractivity contribution in [3.8, 4) is 0 Å². The van der Waals surface area contributed by atoms with Gasteiger partial charge in [0.25, 0.3) is 0 Å². The zero-order chi connectivity index (χ0) is 8.81. The highest BCUT2D eigenvalue weighted by Gasteiger charge is 2.20. The van der Waals surface area contributed by atoms with E-state index in [1.54, 1.807) is 0 Å². The van der Waals surface area contributed by atoms with Crippen LogP contribution in [-0.2, 0) is 4.74 Å². The van der Waals surface area contributed by atoms with Gasteiger partial charge in [-0.2, -0.15) is 0 Å². The molecule has 0 radical (unpaired) electrons. The number of rotatable bonds is 4. The summed E-state index contributed by atoms with van der Waals surface area (Å²) >= 11 is 0. The first kappa shape index (κ1) is 9.96. The van der Waals surface area contributed by atoms with E-state index in [4.69, 9.17) is 4.74 Å². The molecule has 1 aliphatic rings. The molecule has 0 aliphatic carbocycles. The van der Waals surface area contributed by atoms with Crippen LogP contribution >= 0.6 is 0 Å². The Bertz CT molecular complexity index is 101. The van der Waals surface area contributed by atoms with Crippen LogP contribution in [-0.4, -0.2) is 50.8 Å². The standard InChI is InChI=1S/C9H20N2O/c1-3-4-11-5-6-12-8-9(11)7-10-2/h9-10H,3-8H2,1-2H3. The fraction of sp³-hybridized carbons (Fsp3) is 1.00. The van der Waals surface area contributed by atoms with Crippen molar-refractivity contribution < 1.29 is 4.74 Å². The summed E-state index contributed by atoms with van der Waals surface area (Å²) in [5, 5.41) is 3.20. The number of ether oxygens (including phenoxy) is 1. The van der Waals surface area contributed by atoms with E-state index in [9.17, 15) is 0 Å². The molecule has 3 nitrogen and oxygen atoms in total. The van der Waals surface area contributed by atoms with Gasteiger partial charge in [0.1, 0.15) is 0 Å². The summed E-state index contributed by atoms with van der Waals surface area (Å²) in [6, 6.07) is 0.587. The normalized spacial score (nSPS) is 26.0. The minimum Gasteiger partial charge on any atom is -0.378 e. The van der Waals surface area contributed by atoms with Gasteiger partial charge in [-0.15, -0.1) is 0 Å². The smallest absolute Gasteiger partial charge is 0.0634 e. The lowest BCUT2D eigenvalue weighted by atomic mass is 10.2. The maximum Gasteiger partial charge on any atom is 0.0634 e. The van der Waals surface area contributed by atoms with E-state index >= 15 is 0 Å². The van der Waals surface area contributed by atoms with Crippen molar-refractivity contribution in [3.63, 3.8) is 0 Å². The van der Waals surface area contributed by atoms with Crippen molar-refractivity contribution >= 4 is 0 Å². The van der Waals surface area contributed by atoms with Gasteiger partial charge in [-0.3, -0.25) is 4.90 Å². The molecule has 72 valence electrons. The second kappa shape index (κ2) is 5.51. The van der Waals surface area contributed by atoms with Crippen molar-refractivity contribution in [3.05, 3.63) is 0 Å². The molecule has 1 N–H and O–H groups in total. The molecule has 0 spiro atoms. The van der Waals surface area contributed by atoms with Gasteiger partial charge in [-0.1, -0.05) is 6.92 Å². The fourth-order valence-corrected chi connectivity index (χ4v) is 1.69. The zero-order valence-corrected chi connectivity index (χ0v) is 8.18. The van der Waals surface area contributed by atoms with E-state index in [1.807, 2.05) is 7.05 Å². The average Bonchev–Trinajstić information content (AvgIpc) is 2.09. The Morgan fingerprint density at radius 1 is 1.58 bits per heavy atom. The molecule has 1 heterocycles. The number of nitrogens with one attached hydrogen (secondary N) is 1. The van der Waals surface area contributed by atoms with Crippen molar-refractivity contribution in [1.29, 1.82) is 0 Å². The number of nitrogens with zero attached hydrogens (tertiary/aromatic N) is 1. The van der Waals surface area contributed by atoms with E-state index in [-0.39, 0.29) is 0 Å². The van der Waals surface area contributed by atoms with Crippen molar-refractivity contribution in [2.24, 2.45) is 0 Å². The van der Waals surface area contributed by atoms with Crippen LogP contribution in [0.5, 0.6) is 0 Å². The highest BCUT2D eigenvalue weighted by atomic mass is 16.5. The van der Waals surface area contributed by atoms with Gasteiger partial charge in [0, 0.05) is 19.1 Å². The number of hydrogen-bond donors (Lipinski definition) is 1. The van der Waals surface area contributed by atoms with E-state index in [0.29, 0.717) is 6.04 Å². The van der Waals surface area contributed by atoms with Gasteiger partial charge in [0.2, 0.25) is 0 Å². The first-order valence-corrected chi connectivity index (χ1v) is 4.85. The Labute approximate surface area is 75.1 Å². The van der Waals surface area contributed by atoms with Crippen LogP contribution in [0.4, 0.5) is 0 Å². The second-order valence-electron chi connectivity index (χ2n) is 3.32. The Balaban J connectivity index is 2.31. The maximum atomic E-state index is 5.43. The van der Waals surface area contributed by atoms with Gasteiger partial charge in [0.15, 0.2) is 0 Å². The van der Waals surface area contributed by atoms with Crippen LogP contribution in [0.25, 0.3) is 0 Å². The van der Waals surface area contributed by atoms with Crippen LogP contribution in [0.1, 0.15) is 13.3 Å². The lowest BCUT2D eigenvalue weighted by Gasteiger charge is -2.35. The molecule has 12 heavy (non-hydrogen) atoms. The Morgan fingerprint density at radius 3 is 3.08 bits per heavy atom. The van der Waals surface area contributed by atoms with Crippen molar-refractivity contribution in [1.82, 2.24) is 10.2 Å². The molecule has 0 amide bonds. The highest BCUT2D eigenvalue weighted by Crippen LogP contribution is 2.06. The summed E-state index contributed by atoms with van der Waals surface area (Å²) in [7, 11) is 2.00. The third kappa shape index (κ3) is 2.73. The Hall–Kier alpha value is -0.120. The second-order valence-corrected chi connectivity index (χ2v) is 3.32. The lowest BCUT2D eigenvalue weighted by molar-refractivity contribution is -0.00600. The van der Waals surface area contributed by atoms with E-state index in [2.05, 4.69) is 17.1 Å². The third-order valence-corrected chi connectivity index (χ3v) is 2.30. The molecule has 0 aromatic carbocycles. The molecule has 0 aromatic rings. The summed E-state index contributed by atoms with van der Waals surface area (Å²) in [6.07, 6.45) is 1.24. The van der Waals surface area contributed by atoms with E-state index < -0.39 is 0 Å². The molecule has 1 unspecified atom stereocenters. The van der Waals surface area contributed by atoms with Crippen LogP contribution in [0, 0.1) is 0 Å². The molecule has 1 rings (SSSR count). The number of morpholine rings is 1. The number of hydrogen-bond acceptors (Lipinski definition) is 3.